The number of hydrogen-bond acceptors (Lipinski definition) is 5. The number of benzene rings is 2. The van der Waals surface area contributed by atoms with Crippen molar-refractivity contribution in [1.29, 1.82) is 0 Å². The SMILES string of the molecule is CCOc1ccc(S(=O)(=O)N2CCOCC2)cc1NC(=O)Cc1ccc(Cl)c(Cl)c1. The quantitative estimate of drug-likeness (QED) is 0.665. The number of amides is 1. The molecule has 0 radical (unpaired) electrons. The molecule has 0 bridgehead atoms. The second-order valence-corrected chi connectivity index (χ2v) is 9.33. The minimum Gasteiger partial charge on any atom is -0.492 e. The lowest BCUT2D eigenvalue weighted by molar-refractivity contribution is -0.115. The van der Waals surface area contributed by atoms with Crippen LogP contribution >= 0.6 is 23.2 Å². The summed E-state index contributed by atoms with van der Waals surface area (Å²) in [5.74, 6) is 0.0520. The molecule has 7 nitrogen and oxygen atoms in total. The van der Waals surface area contributed by atoms with Gasteiger partial charge in [0.25, 0.3) is 0 Å². The predicted octanol–water partition coefficient (Wildman–Crippen LogP) is 3.59. The molecule has 30 heavy (non-hydrogen) atoms. The molecule has 0 aromatic heterocycles. The highest BCUT2D eigenvalue weighted by Gasteiger charge is 2.27. The first-order valence-corrected chi connectivity index (χ1v) is 11.6. The van der Waals surface area contributed by atoms with Gasteiger partial charge in [-0.3, -0.25) is 4.79 Å². The zero-order valence-corrected chi connectivity index (χ0v) is 18.7. The van der Waals surface area contributed by atoms with Gasteiger partial charge in [-0.2, -0.15) is 4.31 Å². The summed E-state index contributed by atoms with van der Waals surface area (Å²) in [6.45, 7) is 3.45. The van der Waals surface area contributed by atoms with Crippen LogP contribution in [-0.2, 0) is 26.0 Å². The molecule has 0 spiro atoms. The van der Waals surface area contributed by atoms with E-state index in [2.05, 4.69) is 5.32 Å². The molecule has 0 unspecified atom stereocenters. The first kappa shape index (κ1) is 22.8. The molecule has 1 aliphatic rings. The molecule has 0 saturated carbocycles. The van der Waals surface area contributed by atoms with E-state index >= 15 is 0 Å². The van der Waals surface area contributed by atoms with Gasteiger partial charge < -0.3 is 14.8 Å². The summed E-state index contributed by atoms with van der Waals surface area (Å²) in [7, 11) is -3.71. The van der Waals surface area contributed by atoms with Gasteiger partial charge in [-0.1, -0.05) is 29.3 Å². The third-order valence-electron chi connectivity index (χ3n) is 4.48. The lowest BCUT2D eigenvalue weighted by Crippen LogP contribution is -2.40. The number of halogens is 2. The van der Waals surface area contributed by atoms with E-state index in [9.17, 15) is 13.2 Å². The Morgan fingerprint density at radius 1 is 1.13 bits per heavy atom. The maximum atomic E-state index is 12.9. The Bertz CT molecular complexity index is 1020. The fraction of sp³-hybridized carbons (Fsp3) is 0.350. The molecule has 162 valence electrons. The predicted molar refractivity (Wildman–Crippen MR) is 116 cm³/mol. The molecule has 1 N–H and O–H groups in total. The molecule has 1 amide bonds. The summed E-state index contributed by atoms with van der Waals surface area (Å²) >= 11 is 11.9. The highest BCUT2D eigenvalue weighted by molar-refractivity contribution is 7.89. The molecule has 2 aromatic carbocycles. The molecule has 10 heteroatoms. The van der Waals surface area contributed by atoms with E-state index in [1.807, 2.05) is 0 Å². The summed E-state index contributed by atoms with van der Waals surface area (Å²) in [6, 6.07) is 9.38. The fourth-order valence-electron chi connectivity index (χ4n) is 3.01. The number of ether oxygens (including phenoxy) is 2. The zero-order valence-electron chi connectivity index (χ0n) is 16.4. The van der Waals surface area contributed by atoms with E-state index in [1.165, 1.54) is 16.4 Å². The Labute approximate surface area is 185 Å². The van der Waals surface area contributed by atoms with Crippen molar-refractivity contribution in [1.82, 2.24) is 4.31 Å². The number of hydrogen-bond donors (Lipinski definition) is 1. The zero-order chi connectivity index (χ0) is 21.7. The highest BCUT2D eigenvalue weighted by atomic mass is 35.5. The summed E-state index contributed by atoms with van der Waals surface area (Å²) in [5, 5.41) is 3.51. The van der Waals surface area contributed by atoms with Gasteiger partial charge in [0.2, 0.25) is 15.9 Å². The third kappa shape index (κ3) is 5.44. The van der Waals surface area contributed by atoms with E-state index in [0.29, 0.717) is 41.2 Å². The average molecular weight is 473 g/mol. The number of carbonyl (C=O) groups excluding carboxylic acids is 1. The van der Waals surface area contributed by atoms with Crippen molar-refractivity contribution in [2.24, 2.45) is 0 Å². The number of morpholine rings is 1. The van der Waals surface area contributed by atoms with Gasteiger partial charge >= 0.3 is 0 Å². The first-order chi connectivity index (χ1) is 14.3. The van der Waals surface area contributed by atoms with Crippen molar-refractivity contribution < 1.29 is 22.7 Å². The van der Waals surface area contributed by atoms with Gasteiger partial charge in [0.15, 0.2) is 0 Å². The van der Waals surface area contributed by atoms with Crippen LogP contribution in [0.15, 0.2) is 41.3 Å². The lowest BCUT2D eigenvalue weighted by atomic mass is 10.1. The smallest absolute Gasteiger partial charge is 0.243 e. The molecule has 1 saturated heterocycles. The Morgan fingerprint density at radius 3 is 2.53 bits per heavy atom. The second kappa shape index (κ2) is 9.98. The van der Waals surface area contributed by atoms with Gasteiger partial charge in [-0.05, 0) is 42.8 Å². The Hall–Kier alpha value is -1.84. The van der Waals surface area contributed by atoms with Gasteiger partial charge in [0.1, 0.15) is 5.75 Å². The summed E-state index contributed by atoms with van der Waals surface area (Å²) in [6.07, 6.45) is 0.0445. The van der Waals surface area contributed by atoms with E-state index in [-0.39, 0.29) is 36.0 Å². The standard InChI is InChI=1S/C20H22Cl2N2O5S/c1-2-29-19-6-4-15(30(26,27)24-7-9-28-10-8-24)13-18(19)23-20(25)12-14-3-5-16(21)17(22)11-14/h3-6,11,13H,2,7-10,12H2,1H3,(H,23,25). The molecule has 3 rings (SSSR count). The van der Waals surface area contributed by atoms with Crippen molar-refractivity contribution in [2.45, 2.75) is 18.2 Å². The summed E-state index contributed by atoms with van der Waals surface area (Å²) in [4.78, 5) is 12.7. The number of rotatable bonds is 7. The molecule has 2 aromatic rings. The number of carbonyl (C=O) groups is 1. The van der Waals surface area contributed by atoms with E-state index in [4.69, 9.17) is 32.7 Å². The molecule has 1 heterocycles. The monoisotopic (exact) mass is 472 g/mol. The van der Waals surface area contributed by atoms with E-state index < -0.39 is 10.0 Å². The van der Waals surface area contributed by atoms with Crippen LogP contribution in [-0.4, -0.2) is 51.5 Å². The van der Waals surface area contributed by atoms with Crippen molar-refractivity contribution in [2.75, 3.05) is 38.2 Å². The Kier molecular flexibility index (Phi) is 7.60. The molecule has 0 aliphatic carbocycles. The Morgan fingerprint density at radius 2 is 1.87 bits per heavy atom. The van der Waals surface area contributed by atoms with Crippen molar-refractivity contribution >= 4 is 44.8 Å². The minimum absolute atomic E-state index is 0.0445. The van der Waals surface area contributed by atoms with Crippen molar-refractivity contribution in [3.63, 3.8) is 0 Å². The Balaban J connectivity index is 1.83. The van der Waals surface area contributed by atoms with E-state index in [1.54, 1.807) is 31.2 Å². The molecule has 0 atom stereocenters. The van der Waals surface area contributed by atoms with Crippen molar-refractivity contribution in [3.05, 3.63) is 52.0 Å². The van der Waals surface area contributed by atoms with E-state index in [0.717, 1.165) is 0 Å². The van der Waals surface area contributed by atoms with Crippen LogP contribution in [0.5, 0.6) is 5.75 Å². The minimum atomic E-state index is -3.71. The fourth-order valence-corrected chi connectivity index (χ4v) is 4.77. The normalized spacial score (nSPS) is 15.0. The van der Waals surface area contributed by atoms with Crippen LogP contribution in [0.25, 0.3) is 0 Å². The van der Waals surface area contributed by atoms with Gasteiger partial charge in [0, 0.05) is 13.1 Å². The molecule has 1 fully saturated rings. The lowest BCUT2D eigenvalue weighted by Gasteiger charge is -2.26. The number of anilines is 1. The maximum Gasteiger partial charge on any atom is 0.243 e. The number of sulfonamides is 1. The van der Waals surface area contributed by atoms with Crippen LogP contribution < -0.4 is 10.1 Å². The highest BCUT2D eigenvalue weighted by Crippen LogP contribution is 2.30. The average Bonchev–Trinajstić information content (AvgIpc) is 2.72. The third-order valence-corrected chi connectivity index (χ3v) is 7.12. The first-order valence-electron chi connectivity index (χ1n) is 9.40. The van der Waals surface area contributed by atoms with Crippen LogP contribution in [0.1, 0.15) is 12.5 Å². The largest absolute Gasteiger partial charge is 0.492 e. The molecular weight excluding hydrogens is 451 g/mol. The van der Waals surface area contributed by atoms with Crippen LogP contribution in [0.2, 0.25) is 10.0 Å². The van der Waals surface area contributed by atoms with Crippen molar-refractivity contribution in [3.8, 4) is 5.75 Å². The summed E-state index contributed by atoms with van der Waals surface area (Å²) < 4.78 is 38.0. The van der Waals surface area contributed by atoms with Gasteiger partial charge in [-0.25, -0.2) is 8.42 Å². The maximum absolute atomic E-state index is 12.9. The van der Waals surface area contributed by atoms with Crippen LogP contribution in [0.3, 0.4) is 0 Å². The molecular formula is C20H22Cl2N2O5S. The van der Waals surface area contributed by atoms with Gasteiger partial charge in [0.05, 0.1) is 46.9 Å². The van der Waals surface area contributed by atoms with Crippen LogP contribution in [0.4, 0.5) is 5.69 Å². The molecule has 1 aliphatic heterocycles. The summed E-state index contributed by atoms with van der Waals surface area (Å²) in [5.41, 5.74) is 0.966. The second-order valence-electron chi connectivity index (χ2n) is 6.58. The van der Waals surface area contributed by atoms with Gasteiger partial charge in [-0.15, -0.1) is 0 Å². The number of nitrogens with one attached hydrogen (secondary N) is 1. The topological polar surface area (TPSA) is 84.9 Å². The van der Waals surface area contributed by atoms with Crippen LogP contribution in [0, 0.1) is 0 Å². The number of nitrogens with zero attached hydrogens (tertiary/aromatic N) is 1.